The lowest BCUT2D eigenvalue weighted by molar-refractivity contribution is 0.0240. The molecular weight excluding hydrogens is 453 g/mol. The molecule has 1 aromatic carbocycles. The second-order valence-electron chi connectivity index (χ2n) is 8.18. The van der Waals surface area contributed by atoms with E-state index >= 15 is 0 Å². The summed E-state index contributed by atoms with van der Waals surface area (Å²) in [6, 6.07) is 8.78. The molecule has 3 aromatic rings. The number of anilines is 1. The molecule has 0 radical (unpaired) electrons. The number of hydrogen-bond donors (Lipinski definition) is 0. The van der Waals surface area contributed by atoms with E-state index in [-0.39, 0.29) is 11.9 Å². The summed E-state index contributed by atoms with van der Waals surface area (Å²) in [5, 5.41) is 0. The van der Waals surface area contributed by atoms with Crippen LogP contribution < -0.4 is 4.90 Å². The van der Waals surface area contributed by atoms with E-state index in [0.717, 1.165) is 5.52 Å². The van der Waals surface area contributed by atoms with E-state index in [1.807, 2.05) is 43.9 Å². The highest BCUT2D eigenvalue weighted by atomic mass is 79.9. The van der Waals surface area contributed by atoms with Crippen molar-refractivity contribution >= 4 is 38.9 Å². The molecule has 1 amide bonds. The van der Waals surface area contributed by atoms with Gasteiger partial charge in [-0.05, 0) is 61.0 Å². The van der Waals surface area contributed by atoms with Gasteiger partial charge in [-0.15, -0.1) is 0 Å². The minimum atomic E-state index is -0.530. The van der Waals surface area contributed by atoms with Crippen molar-refractivity contribution in [2.45, 2.75) is 26.4 Å². The van der Waals surface area contributed by atoms with Crippen LogP contribution in [0.25, 0.3) is 16.9 Å². The van der Waals surface area contributed by atoms with Gasteiger partial charge in [0.15, 0.2) is 5.65 Å². The van der Waals surface area contributed by atoms with Gasteiger partial charge in [-0.3, -0.25) is 4.57 Å². The molecule has 1 aliphatic heterocycles. The average Bonchev–Trinajstić information content (AvgIpc) is 3.10. The topological polar surface area (TPSA) is 63.5 Å². The normalized spacial score (nSPS) is 15.0. The highest BCUT2D eigenvalue weighted by Crippen LogP contribution is 2.26. The molecule has 0 N–H and O–H groups in total. The maximum absolute atomic E-state index is 15.0. The molecule has 0 atom stereocenters. The molecule has 1 saturated heterocycles. The number of piperazine rings is 1. The summed E-state index contributed by atoms with van der Waals surface area (Å²) in [7, 11) is 0. The summed E-state index contributed by atoms with van der Waals surface area (Å²) in [5.41, 5.74) is 2.03. The third-order valence-electron chi connectivity index (χ3n) is 4.84. The fourth-order valence-electron chi connectivity index (χ4n) is 3.42. The molecule has 30 heavy (non-hydrogen) atoms. The average molecular weight is 476 g/mol. The molecule has 7 nitrogen and oxygen atoms in total. The molecule has 1 fully saturated rings. The summed E-state index contributed by atoms with van der Waals surface area (Å²) in [6.07, 6.45) is 1.31. The Kier molecular flexibility index (Phi) is 5.40. The number of nitrogens with zero attached hydrogens (tertiary/aromatic N) is 5. The van der Waals surface area contributed by atoms with Crippen LogP contribution in [-0.4, -0.2) is 57.3 Å². The summed E-state index contributed by atoms with van der Waals surface area (Å²) in [5.74, 6) is -0.324. The molecule has 2 aromatic heterocycles. The van der Waals surface area contributed by atoms with E-state index in [2.05, 4.69) is 25.9 Å². The third kappa shape index (κ3) is 4.26. The van der Waals surface area contributed by atoms with E-state index in [9.17, 15) is 9.18 Å². The van der Waals surface area contributed by atoms with Gasteiger partial charge >= 0.3 is 6.09 Å². The van der Waals surface area contributed by atoms with E-state index in [1.54, 1.807) is 21.9 Å². The lowest BCUT2D eigenvalue weighted by Gasteiger charge is -2.36. The molecule has 9 heteroatoms. The van der Waals surface area contributed by atoms with Crippen LogP contribution >= 0.6 is 15.9 Å². The van der Waals surface area contributed by atoms with Gasteiger partial charge in [0.1, 0.15) is 27.9 Å². The maximum atomic E-state index is 15.0. The van der Waals surface area contributed by atoms with Crippen LogP contribution in [0.5, 0.6) is 0 Å². The molecule has 0 saturated carbocycles. The Bertz CT molecular complexity index is 1090. The van der Waals surface area contributed by atoms with E-state index in [1.165, 1.54) is 6.07 Å². The largest absolute Gasteiger partial charge is 0.444 e. The molecule has 0 unspecified atom stereocenters. The Balaban J connectivity index is 1.49. The second-order valence-corrected chi connectivity index (χ2v) is 8.99. The van der Waals surface area contributed by atoms with Crippen LogP contribution in [-0.2, 0) is 4.74 Å². The number of hydrogen-bond acceptors (Lipinski definition) is 5. The highest BCUT2D eigenvalue weighted by molar-refractivity contribution is 9.10. The number of halogens is 2. The number of carbonyl (C=O) groups is 1. The van der Waals surface area contributed by atoms with Crippen molar-refractivity contribution < 1.29 is 13.9 Å². The molecule has 0 aliphatic carbocycles. The monoisotopic (exact) mass is 475 g/mol. The molecule has 4 rings (SSSR count). The Morgan fingerprint density at radius 3 is 2.53 bits per heavy atom. The number of aromatic nitrogens is 3. The number of pyridine rings is 1. The number of carbonyl (C=O) groups excluding carboxylic acids is 1. The third-order valence-corrected chi connectivity index (χ3v) is 5.28. The van der Waals surface area contributed by atoms with Crippen LogP contribution in [0, 0.1) is 5.82 Å². The first-order valence-electron chi connectivity index (χ1n) is 9.74. The van der Waals surface area contributed by atoms with Crippen LogP contribution in [0.2, 0.25) is 0 Å². The van der Waals surface area contributed by atoms with Crippen LogP contribution in [0.1, 0.15) is 20.8 Å². The zero-order chi connectivity index (χ0) is 21.5. The number of ether oxygens (including phenoxy) is 1. The molecule has 158 valence electrons. The zero-order valence-electron chi connectivity index (χ0n) is 17.1. The molecule has 3 heterocycles. The predicted molar refractivity (Wildman–Crippen MR) is 117 cm³/mol. The zero-order valence-corrected chi connectivity index (χ0v) is 18.7. The van der Waals surface area contributed by atoms with E-state index < -0.39 is 5.60 Å². The van der Waals surface area contributed by atoms with Gasteiger partial charge in [-0.25, -0.2) is 19.2 Å². The number of amides is 1. The van der Waals surface area contributed by atoms with Gasteiger partial charge in [0.25, 0.3) is 0 Å². The van der Waals surface area contributed by atoms with Gasteiger partial charge in [0, 0.05) is 32.2 Å². The maximum Gasteiger partial charge on any atom is 0.410 e. The van der Waals surface area contributed by atoms with Crippen LogP contribution in [0.4, 0.5) is 14.9 Å². The summed E-state index contributed by atoms with van der Waals surface area (Å²) < 4.78 is 22.8. The van der Waals surface area contributed by atoms with Crippen molar-refractivity contribution in [3.05, 3.63) is 47.1 Å². The molecule has 0 spiro atoms. The fraction of sp³-hybridized carbons (Fsp3) is 0.381. The van der Waals surface area contributed by atoms with Gasteiger partial charge in [-0.2, -0.15) is 0 Å². The summed E-state index contributed by atoms with van der Waals surface area (Å²) >= 11 is 3.36. The predicted octanol–water partition coefficient (Wildman–Crippen LogP) is 4.38. The lowest BCUT2D eigenvalue weighted by Crippen LogP contribution is -2.50. The van der Waals surface area contributed by atoms with Crippen molar-refractivity contribution in [1.82, 2.24) is 19.4 Å². The Labute approximate surface area is 182 Å². The van der Waals surface area contributed by atoms with Crippen molar-refractivity contribution in [1.29, 1.82) is 0 Å². The van der Waals surface area contributed by atoms with Gasteiger partial charge in [0.05, 0.1) is 11.4 Å². The second kappa shape index (κ2) is 7.86. The minimum absolute atomic E-state index is 0.324. The van der Waals surface area contributed by atoms with E-state index in [0.29, 0.717) is 47.8 Å². The Morgan fingerprint density at radius 1 is 1.13 bits per heavy atom. The molecule has 1 aliphatic rings. The SMILES string of the molecule is CC(C)(C)OC(=O)N1CCN(c2ccc(-n3cnc4ccc(Br)nc43)cc2F)CC1. The molecule has 0 bridgehead atoms. The highest BCUT2D eigenvalue weighted by Gasteiger charge is 2.27. The number of imidazole rings is 1. The standard InChI is InChI=1S/C21H23BrFN5O2/c1-21(2,3)30-20(29)27-10-8-26(9-11-27)17-6-4-14(12-15(17)23)28-13-24-16-5-7-18(22)25-19(16)28/h4-7,12-13H,8-11H2,1-3H3. The first-order valence-corrected chi connectivity index (χ1v) is 10.5. The first-order chi connectivity index (χ1) is 14.2. The fourth-order valence-corrected chi connectivity index (χ4v) is 3.72. The van der Waals surface area contributed by atoms with Gasteiger partial charge in [-0.1, -0.05) is 0 Å². The van der Waals surface area contributed by atoms with Crippen molar-refractivity contribution in [2.75, 3.05) is 31.1 Å². The number of rotatable bonds is 2. The molecular formula is C21H23BrFN5O2. The quantitative estimate of drug-likeness (QED) is 0.514. The first kappa shape index (κ1) is 20.6. The number of benzene rings is 1. The number of fused-ring (bicyclic) bond motifs is 1. The van der Waals surface area contributed by atoms with Crippen molar-refractivity contribution in [3.63, 3.8) is 0 Å². The van der Waals surface area contributed by atoms with Crippen LogP contribution in [0.3, 0.4) is 0 Å². The van der Waals surface area contributed by atoms with Gasteiger partial charge < -0.3 is 14.5 Å². The summed E-state index contributed by atoms with van der Waals surface area (Å²) in [6.45, 7) is 7.58. The van der Waals surface area contributed by atoms with E-state index in [4.69, 9.17) is 4.74 Å². The minimum Gasteiger partial charge on any atom is -0.444 e. The Morgan fingerprint density at radius 2 is 1.87 bits per heavy atom. The summed E-state index contributed by atoms with van der Waals surface area (Å²) in [4.78, 5) is 24.6. The lowest BCUT2D eigenvalue weighted by atomic mass is 10.2. The Hall–Kier alpha value is -2.68. The van der Waals surface area contributed by atoms with Crippen molar-refractivity contribution in [2.24, 2.45) is 0 Å². The smallest absolute Gasteiger partial charge is 0.410 e. The van der Waals surface area contributed by atoms with Crippen LogP contribution in [0.15, 0.2) is 41.3 Å². The van der Waals surface area contributed by atoms with Crippen molar-refractivity contribution in [3.8, 4) is 5.69 Å². The van der Waals surface area contributed by atoms with Gasteiger partial charge in [0.2, 0.25) is 0 Å².